The highest BCUT2D eigenvalue weighted by Gasteiger charge is 2.41. The van der Waals surface area contributed by atoms with Gasteiger partial charge in [0.05, 0.1) is 51.5 Å². The third-order valence-corrected chi connectivity index (χ3v) is 10.3. The molecule has 0 aliphatic carbocycles. The average Bonchev–Trinajstić information content (AvgIpc) is 3.23. The van der Waals surface area contributed by atoms with Crippen LogP contribution in [0.4, 0.5) is 51.3 Å². The molecule has 0 spiro atoms. The van der Waals surface area contributed by atoms with E-state index in [0.717, 1.165) is 48.5 Å². The summed E-state index contributed by atoms with van der Waals surface area (Å²) in [6.45, 7) is 0.332. The first-order chi connectivity index (χ1) is 29.1. The standard InChI is InChI=1S/C20H20ClF4N3O3.C12H16ClFN2O2.C8H4F3NO.2CH4.H3N/c21-15-9-12(16(30)11-29)10-26-17(15)19(22)5-7-28(8-6-19)18(31)27-14-3-1-13(2-4-14)20(23,24)25;13-9-5-8(10(18)7-17)6-16-11(9)12(14)1-3-15-4-2-12;9-8(10,11)6-1-3-7(4-2-6)12-5-13;;;/h1-4,9-10,16,29-30H,5-8,11H2,(H,27,31);5-6,10,15,17-18H,1-4,7H2;1-4H;2*1H4;1H3/t16-;10-;;;;/m11..../s1. The summed E-state index contributed by atoms with van der Waals surface area (Å²) < 4.78 is 104. The first kappa shape index (κ1) is 58.2. The Morgan fingerprint density at radius 3 is 1.54 bits per heavy atom. The Morgan fingerprint density at radius 2 is 1.17 bits per heavy atom. The number of alkyl halides is 8. The number of piperidine rings is 2. The molecule has 0 saturated carbocycles. The van der Waals surface area contributed by atoms with Crippen molar-refractivity contribution >= 4 is 46.7 Å². The number of pyridine rings is 2. The molecule has 13 nitrogen and oxygen atoms in total. The number of aliphatic imine (C=N–C) groups is 1. The summed E-state index contributed by atoms with van der Waals surface area (Å²) in [5.74, 6) is 0. The summed E-state index contributed by atoms with van der Waals surface area (Å²) in [7, 11) is 0. The van der Waals surface area contributed by atoms with E-state index in [9.17, 15) is 50.5 Å². The monoisotopic (exact) mass is 971 g/mol. The molecule has 65 heavy (non-hydrogen) atoms. The molecule has 23 heteroatoms. The van der Waals surface area contributed by atoms with Crippen LogP contribution in [0.1, 0.15) is 86.4 Å². The van der Waals surface area contributed by atoms with Crippen LogP contribution in [0.15, 0.2) is 78.0 Å². The van der Waals surface area contributed by atoms with Gasteiger partial charge in [0.1, 0.15) is 12.2 Å². The lowest BCUT2D eigenvalue weighted by molar-refractivity contribution is -0.138. The van der Waals surface area contributed by atoms with Crippen molar-refractivity contribution in [3.8, 4) is 0 Å². The van der Waals surface area contributed by atoms with Crippen LogP contribution in [0.3, 0.4) is 0 Å². The number of benzene rings is 2. The Morgan fingerprint density at radius 1 is 0.769 bits per heavy atom. The van der Waals surface area contributed by atoms with Gasteiger partial charge < -0.3 is 42.1 Å². The lowest BCUT2D eigenvalue weighted by Crippen LogP contribution is -2.45. The number of hydrogen-bond acceptors (Lipinski definition) is 11. The fourth-order valence-electron chi connectivity index (χ4n) is 6.22. The van der Waals surface area contributed by atoms with Gasteiger partial charge in [0.2, 0.25) is 6.08 Å². The van der Waals surface area contributed by atoms with Crippen LogP contribution in [-0.2, 0) is 28.5 Å². The second-order valence-electron chi connectivity index (χ2n) is 14.0. The van der Waals surface area contributed by atoms with E-state index in [1.807, 2.05) is 0 Å². The molecule has 2 amide bonds. The molecule has 9 N–H and O–H groups in total. The number of hydrogen-bond donors (Lipinski definition) is 7. The number of anilines is 1. The van der Waals surface area contributed by atoms with E-state index in [2.05, 4.69) is 25.6 Å². The van der Waals surface area contributed by atoms with Gasteiger partial charge in [-0.1, -0.05) is 38.1 Å². The zero-order valence-corrected chi connectivity index (χ0v) is 34.5. The van der Waals surface area contributed by atoms with Gasteiger partial charge in [-0.2, -0.15) is 31.3 Å². The number of aromatic nitrogens is 2. The minimum atomic E-state index is -4.47. The Balaban J connectivity index is 0.000000528. The van der Waals surface area contributed by atoms with Crippen LogP contribution in [0, 0.1) is 0 Å². The van der Waals surface area contributed by atoms with E-state index in [0.29, 0.717) is 31.5 Å². The van der Waals surface area contributed by atoms with Crippen LogP contribution < -0.4 is 16.8 Å². The summed E-state index contributed by atoms with van der Waals surface area (Å²) in [6.07, 6.45) is -6.68. The molecule has 4 heterocycles. The van der Waals surface area contributed by atoms with Crippen molar-refractivity contribution in [3.05, 3.63) is 117 Å². The van der Waals surface area contributed by atoms with Crippen molar-refractivity contribution in [2.45, 2.75) is 76.4 Å². The van der Waals surface area contributed by atoms with E-state index < -0.39 is 66.3 Å². The van der Waals surface area contributed by atoms with Crippen LogP contribution in [0.2, 0.25) is 10.0 Å². The number of aliphatic hydroxyl groups is 4. The highest BCUT2D eigenvalue weighted by atomic mass is 35.5. The van der Waals surface area contributed by atoms with Crippen molar-refractivity contribution in [1.82, 2.24) is 26.3 Å². The lowest BCUT2D eigenvalue weighted by Gasteiger charge is -2.36. The van der Waals surface area contributed by atoms with Crippen LogP contribution >= 0.6 is 23.2 Å². The Hall–Kier alpha value is -4.83. The van der Waals surface area contributed by atoms with Crippen LogP contribution in [0.5, 0.6) is 0 Å². The predicted molar refractivity (Wildman–Crippen MR) is 229 cm³/mol. The molecular formula is C42H51Cl2F8N7O6. The summed E-state index contributed by atoms with van der Waals surface area (Å²) in [5.41, 5.74) is -3.77. The molecule has 2 aliphatic heterocycles. The summed E-state index contributed by atoms with van der Waals surface area (Å²) in [5, 5.41) is 42.7. The minimum absolute atomic E-state index is 0. The SMILES string of the molecule is C.C.N.O=C(Nc1ccc(C(F)(F)F)cc1)N1CCC(F)(c2ncc([C@H](O)CO)cc2Cl)CC1.O=C=Nc1ccc(C(F)(F)F)cc1.OC[C@@H](O)c1cnc(C2(F)CCNCC2)c(Cl)c1. The van der Waals surface area contributed by atoms with Gasteiger partial charge >= 0.3 is 18.4 Å². The number of carbonyl (C=O) groups excluding carboxylic acids is 2. The van der Waals surface area contributed by atoms with Crippen LogP contribution in [0.25, 0.3) is 0 Å². The van der Waals surface area contributed by atoms with E-state index in [4.69, 9.17) is 33.4 Å². The number of urea groups is 1. The molecule has 2 aromatic carbocycles. The number of nitrogens with zero attached hydrogens (tertiary/aromatic N) is 4. The van der Waals surface area contributed by atoms with Gasteiger partial charge in [-0.25, -0.2) is 18.4 Å². The highest BCUT2D eigenvalue weighted by Crippen LogP contribution is 2.41. The number of amides is 2. The highest BCUT2D eigenvalue weighted by molar-refractivity contribution is 6.31. The maximum absolute atomic E-state index is 15.5. The van der Waals surface area contributed by atoms with E-state index in [1.165, 1.54) is 35.5 Å². The van der Waals surface area contributed by atoms with Crippen molar-refractivity contribution in [1.29, 1.82) is 0 Å². The molecule has 2 atom stereocenters. The Labute approximate surface area is 380 Å². The van der Waals surface area contributed by atoms with Gasteiger partial charge in [-0.05, 0) is 86.6 Å². The van der Waals surface area contributed by atoms with Gasteiger partial charge in [-0.15, -0.1) is 0 Å². The lowest BCUT2D eigenvalue weighted by atomic mass is 9.89. The average molecular weight is 973 g/mol. The number of aliphatic hydroxyl groups excluding tert-OH is 4. The number of carbonyl (C=O) groups is 1. The maximum atomic E-state index is 15.5. The van der Waals surface area contributed by atoms with E-state index >= 15 is 4.39 Å². The summed E-state index contributed by atoms with van der Waals surface area (Å²) in [6, 6.07) is 10.2. The molecule has 2 saturated heterocycles. The number of halogens is 10. The fraction of sp³-hybridized carbons (Fsp3) is 0.429. The second-order valence-corrected chi connectivity index (χ2v) is 14.8. The number of nitrogens with one attached hydrogen (secondary N) is 2. The van der Waals surface area contributed by atoms with Gasteiger partial charge in [0.15, 0.2) is 11.3 Å². The first-order valence-corrected chi connectivity index (χ1v) is 19.4. The van der Waals surface area contributed by atoms with Gasteiger partial charge in [-0.3, -0.25) is 9.97 Å². The number of isocyanates is 1. The molecule has 2 aromatic heterocycles. The molecular weight excluding hydrogens is 921 g/mol. The summed E-state index contributed by atoms with van der Waals surface area (Å²) in [4.78, 5) is 34.7. The molecule has 2 fully saturated rings. The minimum Gasteiger partial charge on any atom is -0.393 e. The third-order valence-electron chi connectivity index (χ3n) is 9.76. The zero-order valence-electron chi connectivity index (χ0n) is 33.0. The van der Waals surface area contributed by atoms with E-state index in [1.54, 1.807) is 0 Å². The van der Waals surface area contributed by atoms with Gasteiger partial charge in [0, 0.05) is 55.1 Å². The molecule has 6 rings (SSSR count). The molecule has 4 aromatic rings. The fourth-order valence-corrected chi connectivity index (χ4v) is 6.91. The zero-order chi connectivity index (χ0) is 45.9. The van der Waals surface area contributed by atoms with Crippen LogP contribution in [-0.4, -0.2) is 86.8 Å². The summed E-state index contributed by atoms with van der Waals surface area (Å²) >= 11 is 12.2. The Kier molecular flexibility index (Phi) is 22.5. The number of rotatable bonds is 8. The smallest absolute Gasteiger partial charge is 0.393 e. The quantitative estimate of drug-likeness (QED) is 0.0504. The van der Waals surface area contributed by atoms with Crippen molar-refractivity contribution in [2.75, 3.05) is 44.7 Å². The molecule has 0 unspecified atom stereocenters. The van der Waals surface area contributed by atoms with Gasteiger partial charge in [0.25, 0.3) is 0 Å². The normalized spacial score (nSPS) is 16.1. The maximum Gasteiger partial charge on any atom is 0.416 e. The molecule has 0 radical (unpaired) electrons. The first-order valence-electron chi connectivity index (χ1n) is 18.6. The topological polar surface area (TPSA) is 215 Å². The number of likely N-dealkylation sites (tertiary alicyclic amines) is 1. The largest absolute Gasteiger partial charge is 0.416 e. The van der Waals surface area contributed by atoms with E-state index in [-0.39, 0.29) is 85.3 Å². The second kappa shape index (κ2) is 25.2. The molecule has 2 aliphatic rings. The predicted octanol–water partition coefficient (Wildman–Crippen LogP) is 9.69. The third kappa shape index (κ3) is 15.9. The Bertz CT molecular complexity index is 2150. The van der Waals surface area contributed by atoms with Crippen molar-refractivity contribution in [2.24, 2.45) is 4.99 Å². The molecule has 0 bridgehead atoms. The van der Waals surface area contributed by atoms with Crippen molar-refractivity contribution in [3.63, 3.8) is 0 Å². The molecule has 360 valence electrons. The van der Waals surface area contributed by atoms with Crippen molar-refractivity contribution < 1.29 is 65.1 Å².